The van der Waals surface area contributed by atoms with Crippen LogP contribution >= 0.6 is 11.6 Å². The standard InChI is InChI=1S/C23H26ClN3O2/c1-23(2)28-20-16(13-19(21(20)29-23)27-9-3-4-10-27)8-6-14-5-7-15-12-17(24)22(25)26-18(15)11-14/h3,5,7,9,11-13,19-21H,4,6,8,10H2,1-2H3,(H2,25,26)/t19-,20-,21+/m1/s1. The molecule has 5 nitrogen and oxygen atoms in total. The zero-order valence-corrected chi connectivity index (χ0v) is 17.5. The highest BCUT2D eigenvalue weighted by molar-refractivity contribution is 6.33. The minimum absolute atomic E-state index is 0.0250. The summed E-state index contributed by atoms with van der Waals surface area (Å²) >= 11 is 6.09. The summed E-state index contributed by atoms with van der Waals surface area (Å²) in [6, 6.07) is 8.42. The lowest BCUT2D eigenvalue weighted by atomic mass is 10.0. The fraction of sp³-hybridized carbons (Fsp3) is 0.435. The van der Waals surface area contributed by atoms with Crippen LogP contribution in [0, 0.1) is 0 Å². The highest BCUT2D eigenvalue weighted by Crippen LogP contribution is 2.42. The smallest absolute Gasteiger partial charge is 0.164 e. The number of halogens is 1. The summed E-state index contributed by atoms with van der Waals surface area (Å²) in [7, 11) is 0. The van der Waals surface area contributed by atoms with E-state index >= 15 is 0 Å². The second kappa shape index (κ2) is 7.01. The summed E-state index contributed by atoms with van der Waals surface area (Å²) < 4.78 is 12.6. The van der Waals surface area contributed by atoms with Crippen LogP contribution in [-0.4, -0.2) is 40.5 Å². The van der Waals surface area contributed by atoms with E-state index in [0.717, 1.165) is 36.7 Å². The molecule has 1 saturated heterocycles. The van der Waals surface area contributed by atoms with Gasteiger partial charge in [-0.25, -0.2) is 4.98 Å². The number of nitrogens with two attached hydrogens (primary N) is 1. The third-order valence-electron chi connectivity index (χ3n) is 6.01. The van der Waals surface area contributed by atoms with Crippen molar-refractivity contribution in [3.8, 4) is 0 Å². The quantitative estimate of drug-likeness (QED) is 0.753. The summed E-state index contributed by atoms with van der Waals surface area (Å²) in [4.78, 5) is 6.80. The van der Waals surface area contributed by atoms with Gasteiger partial charge in [0.1, 0.15) is 18.0 Å². The molecule has 152 valence electrons. The molecule has 3 aliphatic rings. The second-order valence-electron chi connectivity index (χ2n) is 8.55. The number of ether oxygens (including phenoxy) is 2. The fourth-order valence-corrected chi connectivity index (χ4v) is 4.81. The number of hydrogen-bond acceptors (Lipinski definition) is 5. The third-order valence-corrected chi connectivity index (χ3v) is 6.32. The summed E-state index contributed by atoms with van der Waals surface area (Å²) in [5, 5.41) is 1.50. The Hall–Kier alpha value is -2.08. The molecule has 0 bridgehead atoms. The van der Waals surface area contributed by atoms with E-state index in [4.69, 9.17) is 26.8 Å². The zero-order chi connectivity index (χ0) is 20.2. The fourth-order valence-electron chi connectivity index (χ4n) is 4.65. The van der Waals surface area contributed by atoms with Crippen LogP contribution in [0.3, 0.4) is 0 Å². The molecule has 5 rings (SSSR count). The lowest BCUT2D eigenvalue weighted by Gasteiger charge is -2.28. The van der Waals surface area contributed by atoms with Crippen LogP contribution in [0.1, 0.15) is 32.3 Å². The number of aromatic nitrogens is 1. The Morgan fingerprint density at radius 1 is 1.24 bits per heavy atom. The van der Waals surface area contributed by atoms with E-state index in [2.05, 4.69) is 46.4 Å². The van der Waals surface area contributed by atoms with Crippen LogP contribution in [0.15, 0.2) is 48.2 Å². The predicted molar refractivity (Wildman–Crippen MR) is 116 cm³/mol. The Morgan fingerprint density at radius 3 is 2.90 bits per heavy atom. The maximum absolute atomic E-state index is 6.28. The van der Waals surface area contributed by atoms with E-state index in [9.17, 15) is 0 Å². The van der Waals surface area contributed by atoms with Crippen molar-refractivity contribution in [1.29, 1.82) is 0 Å². The normalized spacial score (nSPS) is 27.6. The molecular formula is C23H26ClN3O2. The Morgan fingerprint density at radius 2 is 2.10 bits per heavy atom. The molecule has 1 aromatic heterocycles. The van der Waals surface area contributed by atoms with Crippen molar-refractivity contribution in [2.24, 2.45) is 0 Å². The second-order valence-corrected chi connectivity index (χ2v) is 8.95. The molecule has 1 aliphatic carbocycles. The molecule has 3 heterocycles. The average Bonchev–Trinajstić information content (AvgIpc) is 3.37. The zero-order valence-electron chi connectivity index (χ0n) is 16.8. The van der Waals surface area contributed by atoms with Gasteiger partial charge in [-0.15, -0.1) is 0 Å². The van der Waals surface area contributed by atoms with E-state index < -0.39 is 5.79 Å². The lowest BCUT2D eigenvalue weighted by molar-refractivity contribution is -0.149. The maximum atomic E-state index is 6.28. The van der Waals surface area contributed by atoms with Crippen molar-refractivity contribution in [3.05, 3.63) is 58.8 Å². The van der Waals surface area contributed by atoms with Gasteiger partial charge in [0.2, 0.25) is 0 Å². The summed E-state index contributed by atoms with van der Waals surface area (Å²) in [6.45, 7) is 5.05. The van der Waals surface area contributed by atoms with Crippen molar-refractivity contribution in [2.75, 3.05) is 12.3 Å². The molecule has 0 saturated carbocycles. The first-order chi connectivity index (χ1) is 13.9. The van der Waals surface area contributed by atoms with E-state index in [0.29, 0.717) is 10.8 Å². The van der Waals surface area contributed by atoms with Crippen molar-refractivity contribution in [3.63, 3.8) is 0 Å². The number of pyridine rings is 1. The van der Waals surface area contributed by atoms with Gasteiger partial charge in [0, 0.05) is 11.9 Å². The van der Waals surface area contributed by atoms with Gasteiger partial charge in [0.25, 0.3) is 0 Å². The predicted octanol–water partition coefficient (Wildman–Crippen LogP) is 4.45. The number of benzene rings is 1. The van der Waals surface area contributed by atoms with Crippen molar-refractivity contribution < 1.29 is 9.47 Å². The molecule has 2 aromatic rings. The number of rotatable bonds is 4. The highest BCUT2D eigenvalue weighted by atomic mass is 35.5. The van der Waals surface area contributed by atoms with Crippen LogP contribution in [0.5, 0.6) is 0 Å². The number of nitrogen functional groups attached to an aromatic ring is 1. The molecule has 29 heavy (non-hydrogen) atoms. The Bertz CT molecular complexity index is 1020. The topological polar surface area (TPSA) is 60.6 Å². The highest BCUT2D eigenvalue weighted by Gasteiger charge is 2.51. The van der Waals surface area contributed by atoms with Gasteiger partial charge in [0.15, 0.2) is 5.79 Å². The minimum Gasteiger partial charge on any atom is -0.382 e. The number of fused-ring (bicyclic) bond motifs is 2. The number of hydrogen-bond donors (Lipinski definition) is 1. The van der Waals surface area contributed by atoms with Gasteiger partial charge in [-0.05, 0) is 62.6 Å². The SMILES string of the molecule is CC1(C)O[C@@H]2[C@H](O1)C(CCc1ccc3cc(Cl)c(N)nc3c1)=C[C@H]2N1C=CCC1. The third kappa shape index (κ3) is 3.52. The maximum Gasteiger partial charge on any atom is 0.164 e. The van der Waals surface area contributed by atoms with Crippen LogP contribution in [0.4, 0.5) is 5.82 Å². The van der Waals surface area contributed by atoms with Crippen LogP contribution in [0.25, 0.3) is 10.9 Å². The molecule has 0 amide bonds. The van der Waals surface area contributed by atoms with Gasteiger partial charge in [0.05, 0.1) is 16.6 Å². The molecule has 2 N–H and O–H groups in total. The van der Waals surface area contributed by atoms with E-state index in [1.165, 1.54) is 11.1 Å². The van der Waals surface area contributed by atoms with Crippen molar-refractivity contribution >= 4 is 28.3 Å². The summed E-state index contributed by atoms with van der Waals surface area (Å²) in [5.41, 5.74) is 9.31. The lowest BCUT2D eigenvalue weighted by Crippen LogP contribution is -2.40. The Kier molecular flexibility index (Phi) is 4.57. The first-order valence-electron chi connectivity index (χ1n) is 10.2. The van der Waals surface area contributed by atoms with Crippen LogP contribution in [-0.2, 0) is 15.9 Å². The molecule has 6 heteroatoms. The van der Waals surface area contributed by atoms with Crippen molar-refractivity contribution in [1.82, 2.24) is 9.88 Å². The van der Waals surface area contributed by atoms with Gasteiger partial charge in [-0.3, -0.25) is 0 Å². The molecule has 2 aliphatic heterocycles. The first-order valence-corrected chi connectivity index (χ1v) is 10.6. The van der Waals surface area contributed by atoms with E-state index in [1.807, 2.05) is 19.9 Å². The Labute approximate surface area is 176 Å². The molecule has 0 unspecified atom stereocenters. The molecule has 3 atom stereocenters. The van der Waals surface area contributed by atoms with E-state index in [1.54, 1.807) is 0 Å². The van der Waals surface area contributed by atoms with Gasteiger partial charge in [-0.1, -0.05) is 35.9 Å². The van der Waals surface area contributed by atoms with Gasteiger partial charge in [-0.2, -0.15) is 0 Å². The molecule has 0 radical (unpaired) electrons. The summed E-state index contributed by atoms with van der Waals surface area (Å²) in [5.74, 6) is -0.168. The van der Waals surface area contributed by atoms with Crippen LogP contribution < -0.4 is 5.73 Å². The molecule has 1 fully saturated rings. The monoisotopic (exact) mass is 411 g/mol. The largest absolute Gasteiger partial charge is 0.382 e. The minimum atomic E-state index is -0.541. The first kappa shape index (κ1) is 18.9. The molecular weight excluding hydrogens is 386 g/mol. The number of anilines is 1. The van der Waals surface area contributed by atoms with Crippen molar-refractivity contribution in [2.45, 2.75) is 57.1 Å². The molecule has 0 spiro atoms. The molecule has 1 aromatic carbocycles. The Balaban J connectivity index is 1.36. The number of nitrogens with zero attached hydrogens (tertiary/aromatic N) is 2. The average molecular weight is 412 g/mol. The number of aryl methyl sites for hydroxylation is 1. The van der Waals surface area contributed by atoms with Gasteiger partial charge < -0.3 is 20.1 Å². The summed E-state index contributed by atoms with van der Waals surface area (Å²) in [6.07, 6.45) is 9.81. The van der Waals surface area contributed by atoms with Crippen LogP contribution in [0.2, 0.25) is 5.02 Å². The van der Waals surface area contributed by atoms with E-state index in [-0.39, 0.29) is 18.2 Å². The van der Waals surface area contributed by atoms with Gasteiger partial charge >= 0.3 is 0 Å².